The summed E-state index contributed by atoms with van der Waals surface area (Å²) >= 11 is 5.87. The largest absolute Gasteiger partial charge is 0.494 e. The molecule has 3 aromatic heterocycles. The van der Waals surface area contributed by atoms with Gasteiger partial charge in [0.05, 0.1) is 37.2 Å². The first kappa shape index (κ1) is 22.2. The smallest absolute Gasteiger partial charge is 0.174 e. The van der Waals surface area contributed by atoms with Crippen molar-refractivity contribution < 1.29 is 9.15 Å². The van der Waals surface area contributed by atoms with E-state index in [0.717, 1.165) is 22.9 Å². The summed E-state index contributed by atoms with van der Waals surface area (Å²) in [5.74, 6) is 1.77. The second-order valence-electron chi connectivity index (χ2n) is 8.42. The quantitative estimate of drug-likeness (QED) is 0.347. The van der Waals surface area contributed by atoms with Gasteiger partial charge < -0.3 is 23.9 Å². The number of hydrogen-bond acceptors (Lipinski definition) is 4. The van der Waals surface area contributed by atoms with Crippen LogP contribution >= 0.6 is 12.2 Å². The van der Waals surface area contributed by atoms with E-state index in [2.05, 4.69) is 57.9 Å². The molecule has 0 spiro atoms. The molecule has 174 valence electrons. The molecule has 1 aromatic carbocycles. The number of furan rings is 1. The molecular formula is C27H28N4O2S. The summed E-state index contributed by atoms with van der Waals surface area (Å²) in [6, 6.07) is 20.2. The monoisotopic (exact) mass is 472 g/mol. The summed E-state index contributed by atoms with van der Waals surface area (Å²) < 4.78 is 13.6. The summed E-state index contributed by atoms with van der Waals surface area (Å²) in [5, 5.41) is 4.23. The number of nitrogens with one attached hydrogen (secondary N) is 1. The van der Waals surface area contributed by atoms with Crippen LogP contribution in [0.25, 0.3) is 0 Å². The zero-order chi connectivity index (χ0) is 23.7. The Kier molecular flexibility index (Phi) is 6.11. The van der Waals surface area contributed by atoms with E-state index in [1.165, 1.54) is 17.0 Å². The summed E-state index contributed by atoms with van der Waals surface area (Å²) in [6.45, 7) is 7.61. The van der Waals surface area contributed by atoms with Gasteiger partial charge >= 0.3 is 0 Å². The summed E-state index contributed by atoms with van der Waals surface area (Å²) in [7, 11) is 0. The average Bonchev–Trinajstić information content (AvgIpc) is 3.55. The Balaban J connectivity index is 1.59. The van der Waals surface area contributed by atoms with Gasteiger partial charge in [-0.3, -0.25) is 4.98 Å². The third-order valence-electron chi connectivity index (χ3n) is 6.35. The minimum atomic E-state index is -0.0853. The summed E-state index contributed by atoms with van der Waals surface area (Å²) in [5.41, 5.74) is 5.54. The summed E-state index contributed by atoms with van der Waals surface area (Å²) in [4.78, 5) is 6.86. The SMILES string of the molecule is CCOc1ccc(N2C(=S)N[C@H](c3ccccn3)[C@@H]2c2cc(C)n(Cc3ccco3)c2C)cc1. The highest BCUT2D eigenvalue weighted by atomic mass is 32.1. The first-order valence-electron chi connectivity index (χ1n) is 11.5. The first-order chi connectivity index (χ1) is 16.6. The molecule has 1 aliphatic heterocycles. The van der Waals surface area contributed by atoms with Crippen LogP contribution in [0.15, 0.2) is 77.5 Å². The predicted octanol–water partition coefficient (Wildman–Crippen LogP) is 5.72. The van der Waals surface area contributed by atoms with Gasteiger partial charge in [0.2, 0.25) is 0 Å². The Morgan fingerprint density at radius 1 is 1.09 bits per heavy atom. The van der Waals surface area contributed by atoms with E-state index < -0.39 is 0 Å². The molecule has 0 aliphatic carbocycles. The molecule has 1 fully saturated rings. The van der Waals surface area contributed by atoms with Crippen molar-refractivity contribution in [1.29, 1.82) is 0 Å². The van der Waals surface area contributed by atoms with E-state index in [-0.39, 0.29) is 12.1 Å². The molecule has 4 heterocycles. The molecule has 0 radical (unpaired) electrons. The maximum Gasteiger partial charge on any atom is 0.174 e. The molecule has 4 aromatic rings. The molecule has 5 rings (SSSR count). The number of hydrogen-bond donors (Lipinski definition) is 1. The van der Waals surface area contributed by atoms with Crippen LogP contribution in [0.4, 0.5) is 5.69 Å². The number of rotatable bonds is 7. The fraction of sp³-hybridized carbons (Fsp3) is 0.259. The van der Waals surface area contributed by atoms with Gasteiger partial charge in [0, 0.05) is 23.3 Å². The second-order valence-corrected chi connectivity index (χ2v) is 8.80. The molecule has 6 nitrogen and oxygen atoms in total. The Morgan fingerprint density at radius 3 is 2.59 bits per heavy atom. The third kappa shape index (κ3) is 4.07. The number of benzene rings is 1. The fourth-order valence-corrected chi connectivity index (χ4v) is 5.09. The number of aryl methyl sites for hydroxylation is 1. The Bertz CT molecular complexity index is 1270. The Labute approximate surface area is 205 Å². The van der Waals surface area contributed by atoms with Crippen LogP contribution < -0.4 is 15.0 Å². The van der Waals surface area contributed by atoms with E-state index in [1.54, 1.807) is 6.26 Å². The van der Waals surface area contributed by atoms with Crippen molar-refractivity contribution in [2.75, 3.05) is 11.5 Å². The standard InChI is InChI=1S/C27H28N4O2S/c1-4-32-21-12-10-20(11-13-21)31-26(25(29-27(31)34)24-9-5-6-14-28-24)23-16-18(2)30(19(23)3)17-22-8-7-15-33-22/h5-16,25-26H,4,17H2,1-3H3,(H,29,34)/t25-,26+/m1/s1. The Morgan fingerprint density at radius 2 is 1.91 bits per heavy atom. The molecule has 0 unspecified atom stereocenters. The molecule has 0 saturated carbocycles. The zero-order valence-electron chi connectivity index (χ0n) is 19.6. The van der Waals surface area contributed by atoms with Crippen LogP contribution in [0.1, 0.15) is 47.4 Å². The highest BCUT2D eigenvalue weighted by molar-refractivity contribution is 7.80. The van der Waals surface area contributed by atoms with E-state index in [0.29, 0.717) is 18.3 Å². The van der Waals surface area contributed by atoms with Crippen molar-refractivity contribution in [2.24, 2.45) is 0 Å². The topological polar surface area (TPSA) is 55.5 Å². The van der Waals surface area contributed by atoms with Crippen LogP contribution in [-0.2, 0) is 6.54 Å². The zero-order valence-corrected chi connectivity index (χ0v) is 20.4. The maximum absolute atomic E-state index is 5.87. The number of thiocarbonyl (C=S) groups is 1. The maximum atomic E-state index is 5.87. The van der Waals surface area contributed by atoms with Crippen LogP contribution in [0.3, 0.4) is 0 Å². The lowest BCUT2D eigenvalue weighted by Crippen LogP contribution is -2.29. The van der Waals surface area contributed by atoms with Gasteiger partial charge in [0.1, 0.15) is 11.5 Å². The first-order valence-corrected chi connectivity index (χ1v) is 11.9. The van der Waals surface area contributed by atoms with Crippen molar-refractivity contribution in [3.8, 4) is 5.75 Å². The molecule has 2 atom stereocenters. The van der Waals surface area contributed by atoms with Crippen LogP contribution in [0.5, 0.6) is 5.75 Å². The van der Waals surface area contributed by atoms with Crippen molar-refractivity contribution in [2.45, 2.75) is 39.4 Å². The van der Waals surface area contributed by atoms with Gasteiger partial charge in [-0.15, -0.1) is 0 Å². The average molecular weight is 473 g/mol. The van der Waals surface area contributed by atoms with E-state index >= 15 is 0 Å². The lowest BCUT2D eigenvalue weighted by atomic mass is 9.96. The molecule has 1 saturated heterocycles. The number of ether oxygens (including phenoxy) is 1. The molecule has 1 N–H and O–H groups in total. The normalized spacial score (nSPS) is 17.7. The lowest BCUT2D eigenvalue weighted by molar-refractivity contribution is 0.340. The summed E-state index contributed by atoms with van der Waals surface area (Å²) in [6.07, 6.45) is 3.55. The van der Waals surface area contributed by atoms with Crippen LogP contribution in [-0.4, -0.2) is 21.3 Å². The van der Waals surface area contributed by atoms with Crippen molar-refractivity contribution in [1.82, 2.24) is 14.9 Å². The second kappa shape index (κ2) is 9.35. The Hall–Kier alpha value is -3.58. The highest BCUT2D eigenvalue weighted by Gasteiger charge is 2.42. The van der Waals surface area contributed by atoms with Crippen molar-refractivity contribution in [3.05, 3.63) is 102 Å². The molecular weight excluding hydrogens is 444 g/mol. The van der Waals surface area contributed by atoms with Gasteiger partial charge in [-0.25, -0.2) is 0 Å². The van der Waals surface area contributed by atoms with Crippen molar-refractivity contribution in [3.63, 3.8) is 0 Å². The van der Waals surface area contributed by atoms with Gasteiger partial charge in [-0.05, 0) is 93.1 Å². The highest BCUT2D eigenvalue weighted by Crippen LogP contribution is 2.43. The molecule has 7 heteroatoms. The molecule has 0 amide bonds. The number of nitrogens with zero attached hydrogens (tertiary/aromatic N) is 3. The number of aromatic nitrogens is 2. The molecule has 0 bridgehead atoms. The lowest BCUT2D eigenvalue weighted by Gasteiger charge is -2.28. The van der Waals surface area contributed by atoms with Crippen LogP contribution in [0.2, 0.25) is 0 Å². The fourth-order valence-electron chi connectivity index (χ4n) is 4.75. The number of pyridine rings is 1. The van der Waals surface area contributed by atoms with Crippen LogP contribution in [0, 0.1) is 13.8 Å². The third-order valence-corrected chi connectivity index (χ3v) is 6.66. The molecule has 1 aliphatic rings. The van der Waals surface area contributed by atoms with E-state index in [1.807, 2.05) is 49.5 Å². The minimum Gasteiger partial charge on any atom is -0.494 e. The van der Waals surface area contributed by atoms with Crippen molar-refractivity contribution >= 4 is 23.0 Å². The van der Waals surface area contributed by atoms with Gasteiger partial charge in [0.25, 0.3) is 0 Å². The number of anilines is 1. The van der Waals surface area contributed by atoms with E-state index in [4.69, 9.17) is 21.4 Å². The predicted molar refractivity (Wildman–Crippen MR) is 137 cm³/mol. The van der Waals surface area contributed by atoms with Gasteiger partial charge in [0.15, 0.2) is 5.11 Å². The van der Waals surface area contributed by atoms with Gasteiger partial charge in [-0.1, -0.05) is 6.07 Å². The molecule has 34 heavy (non-hydrogen) atoms. The van der Waals surface area contributed by atoms with Gasteiger partial charge in [-0.2, -0.15) is 0 Å². The minimum absolute atomic E-state index is 0.0584. The van der Waals surface area contributed by atoms with E-state index in [9.17, 15) is 0 Å².